The van der Waals surface area contributed by atoms with Gasteiger partial charge in [-0.05, 0) is 37.1 Å². The highest BCUT2D eigenvalue weighted by Crippen LogP contribution is 2.30. The van der Waals surface area contributed by atoms with Crippen LogP contribution in [0, 0.1) is 5.82 Å². The second-order valence-corrected chi connectivity index (χ2v) is 10.5. The van der Waals surface area contributed by atoms with E-state index in [1.165, 1.54) is 30.9 Å². The third kappa shape index (κ3) is 6.19. The van der Waals surface area contributed by atoms with Gasteiger partial charge < -0.3 is 14.8 Å². The molecule has 3 rings (SSSR count). The Morgan fingerprint density at radius 2 is 2.09 bits per heavy atom. The van der Waals surface area contributed by atoms with Gasteiger partial charge in [0.1, 0.15) is 11.9 Å². The molecular formula is C22H26FN3O7S. The monoisotopic (exact) mass is 495 g/mol. The van der Waals surface area contributed by atoms with Gasteiger partial charge in [0.05, 0.1) is 34.3 Å². The second-order valence-electron chi connectivity index (χ2n) is 8.02. The highest BCUT2D eigenvalue weighted by Gasteiger charge is 2.33. The molecule has 1 unspecified atom stereocenters. The highest BCUT2D eigenvalue weighted by molar-refractivity contribution is 7.94. The first-order valence-electron chi connectivity index (χ1n) is 10.6. The first kappa shape index (κ1) is 25.3. The van der Waals surface area contributed by atoms with E-state index in [1.807, 2.05) is 0 Å². The van der Waals surface area contributed by atoms with Crippen molar-refractivity contribution in [3.63, 3.8) is 0 Å². The van der Waals surface area contributed by atoms with Crippen LogP contribution in [0.15, 0.2) is 28.6 Å². The maximum atomic E-state index is 14.9. The van der Waals surface area contributed by atoms with E-state index in [-0.39, 0.29) is 36.9 Å². The number of amides is 3. The van der Waals surface area contributed by atoms with Gasteiger partial charge >= 0.3 is 12.1 Å². The number of carbonyl (C=O) groups excluding carboxylic acids is 4. The Hall–Kier alpha value is -3.28. The molecule has 1 fully saturated rings. The third-order valence-corrected chi connectivity index (χ3v) is 7.33. The summed E-state index contributed by atoms with van der Waals surface area (Å²) in [5, 5.41) is 2.58. The number of halogens is 1. The summed E-state index contributed by atoms with van der Waals surface area (Å²) in [6.07, 6.45) is -0.471. The molecule has 0 saturated carbocycles. The molecule has 2 aliphatic rings. The van der Waals surface area contributed by atoms with Crippen LogP contribution in [0.5, 0.6) is 0 Å². The molecule has 2 aliphatic heterocycles. The molecule has 0 spiro atoms. The van der Waals surface area contributed by atoms with Crippen molar-refractivity contribution in [2.75, 3.05) is 29.5 Å². The van der Waals surface area contributed by atoms with Gasteiger partial charge in [-0.1, -0.05) is 6.08 Å². The van der Waals surface area contributed by atoms with Gasteiger partial charge in [0.25, 0.3) is 5.91 Å². The van der Waals surface area contributed by atoms with Crippen molar-refractivity contribution < 1.29 is 37.3 Å². The van der Waals surface area contributed by atoms with E-state index in [0.717, 1.165) is 6.92 Å². The smallest absolute Gasteiger partial charge is 0.414 e. The Bertz CT molecular complexity index is 1170. The van der Waals surface area contributed by atoms with Crippen LogP contribution in [-0.2, 0) is 33.6 Å². The first-order chi connectivity index (χ1) is 16.0. The molecule has 184 valence electrons. The Kier molecular flexibility index (Phi) is 7.70. The third-order valence-electron chi connectivity index (χ3n) is 5.29. The molecule has 0 bridgehead atoms. The summed E-state index contributed by atoms with van der Waals surface area (Å²) in [5.74, 6) is -2.20. The van der Waals surface area contributed by atoms with Crippen molar-refractivity contribution in [3.05, 3.63) is 35.7 Å². The Balaban J connectivity index is 1.71. The van der Waals surface area contributed by atoms with Gasteiger partial charge in [0.2, 0.25) is 5.91 Å². The quantitative estimate of drug-likeness (QED) is 0.597. The SMILES string of the molecule is CC(=O)NC[C@@H]1CN(c2ccc(C3=CCS(=O)(=NC(=O)[C@@H](C)OC(C)=O)CC3)c(F)c2)C(=O)O1. The first-order valence-corrected chi connectivity index (χ1v) is 12.5. The van der Waals surface area contributed by atoms with Crippen molar-refractivity contribution >= 4 is 44.9 Å². The van der Waals surface area contributed by atoms with Crippen molar-refractivity contribution in [1.82, 2.24) is 5.32 Å². The topological polar surface area (TPSA) is 131 Å². The zero-order valence-electron chi connectivity index (χ0n) is 19.0. The van der Waals surface area contributed by atoms with Crippen LogP contribution in [0.3, 0.4) is 0 Å². The van der Waals surface area contributed by atoms with Crippen molar-refractivity contribution in [2.24, 2.45) is 4.36 Å². The Morgan fingerprint density at radius 1 is 1.35 bits per heavy atom. The van der Waals surface area contributed by atoms with Crippen LogP contribution in [0.4, 0.5) is 14.9 Å². The summed E-state index contributed by atoms with van der Waals surface area (Å²) in [5.41, 5.74) is 1.23. The van der Waals surface area contributed by atoms with Crippen LogP contribution in [0.1, 0.15) is 32.8 Å². The van der Waals surface area contributed by atoms with Gasteiger partial charge in [-0.25, -0.2) is 13.4 Å². The number of cyclic esters (lactones) is 1. The summed E-state index contributed by atoms with van der Waals surface area (Å²) in [4.78, 5) is 47.6. The van der Waals surface area contributed by atoms with Crippen LogP contribution in [-0.4, -0.2) is 64.9 Å². The van der Waals surface area contributed by atoms with E-state index >= 15 is 0 Å². The fourth-order valence-corrected chi connectivity index (χ4v) is 5.39. The molecule has 34 heavy (non-hydrogen) atoms. The maximum absolute atomic E-state index is 14.9. The largest absolute Gasteiger partial charge is 0.453 e. The van der Waals surface area contributed by atoms with Crippen molar-refractivity contribution in [3.8, 4) is 0 Å². The summed E-state index contributed by atoms with van der Waals surface area (Å²) in [6.45, 7) is 4.21. The number of esters is 1. The molecule has 1 N–H and O–H groups in total. The number of hydrogen-bond donors (Lipinski definition) is 1. The van der Waals surface area contributed by atoms with E-state index in [0.29, 0.717) is 16.8 Å². The number of carbonyl (C=O) groups is 4. The number of anilines is 1. The number of ether oxygens (including phenoxy) is 2. The van der Waals surface area contributed by atoms with Crippen LogP contribution in [0.2, 0.25) is 0 Å². The van der Waals surface area contributed by atoms with Crippen LogP contribution in [0.25, 0.3) is 5.57 Å². The lowest BCUT2D eigenvalue weighted by Gasteiger charge is -2.19. The van der Waals surface area contributed by atoms with Crippen LogP contribution < -0.4 is 10.2 Å². The zero-order chi connectivity index (χ0) is 25.0. The molecule has 1 aromatic rings. The molecule has 10 nitrogen and oxygen atoms in total. The number of benzene rings is 1. The number of nitrogens with zero attached hydrogens (tertiary/aromatic N) is 2. The van der Waals surface area contributed by atoms with Gasteiger partial charge in [0, 0.05) is 25.2 Å². The van der Waals surface area contributed by atoms with Gasteiger partial charge in [-0.3, -0.25) is 19.3 Å². The number of nitrogens with one attached hydrogen (secondary N) is 1. The molecule has 0 aromatic heterocycles. The number of hydrogen-bond acceptors (Lipinski definition) is 7. The zero-order valence-corrected chi connectivity index (χ0v) is 19.9. The highest BCUT2D eigenvalue weighted by atomic mass is 32.2. The van der Waals surface area contributed by atoms with E-state index in [2.05, 4.69) is 9.68 Å². The molecule has 0 aliphatic carbocycles. The summed E-state index contributed by atoms with van der Waals surface area (Å²) >= 11 is 0. The van der Waals surface area contributed by atoms with Crippen molar-refractivity contribution in [1.29, 1.82) is 0 Å². The molecule has 1 saturated heterocycles. The summed E-state index contributed by atoms with van der Waals surface area (Å²) in [6, 6.07) is 4.34. The Morgan fingerprint density at radius 3 is 2.68 bits per heavy atom. The predicted octanol–water partition coefficient (Wildman–Crippen LogP) is 2.02. The number of allylic oxidation sites excluding steroid dienone is 1. The van der Waals surface area contributed by atoms with Gasteiger partial charge in [-0.15, -0.1) is 0 Å². The fraction of sp³-hybridized carbons (Fsp3) is 0.455. The van der Waals surface area contributed by atoms with E-state index in [9.17, 15) is 27.8 Å². The minimum Gasteiger partial charge on any atom is -0.453 e. The molecule has 3 amide bonds. The average Bonchev–Trinajstić information content (AvgIpc) is 3.13. The Labute approximate surface area is 196 Å². The molecule has 2 heterocycles. The lowest BCUT2D eigenvalue weighted by molar-refractivity contribution is -0.151. The van der Waals surface area contributed by atoms with E-state index < -0.39 is 45.7 Å². The normalized spacial score (nSPS) is 22.9. The van der Waals surface area contributed by atoms with E-state index in [4.69, 9.17) is 9.47 Å². The fourth-order valence-electron chi connectivity index (χ4n) is 3.58. The molecule has 1 aromatic carbocycles. The number of rotatable bonds is 6. The molecule has 3 atom stereocenters. The minimum absolute atomic E-state index is 0.0364. The lowest BCUT2D eigenvalue weighted by Crippen LogP contribution is -2.33. The van der Waals surface area contributed by atoms with Gasteiger partial charge in [0.15, 0.2) is 6.10 Å². The second kappa shape index (κ2) is 10.3. The lowest BCUT2D eigenvalue weighted by atomic mass is 10.0. The minimum atomic E-state index is -2.88. The molecular weight excluding hydrogens is 469 g/mol. The van der Waals surface area contributed by atoms with Crippen molar-refractivity contribution in [2.45, 2.75) is 39.4 Å². The van der Waals surface area contributed by atoms with Crippen LogP contribution >= 0.6 is 0 Å². The summed E-state index contributed by atoms with van der Waals surface area (Å²) < 4.78 is 41.6. The predicted molar refractivity (Wildman–Crippen MR) is 122 cm³/mol. The maximum Gasteiger partial charge on any atom is 0.414 e. The molecule has 12 heteroatoms. The summed E-state index contributed by atoms with van der Waals surface area (Å²) in [7, 11) is -2.88. The van der Waals surface area contributed by atoms with Gasteiger partial charge in [-0.2, -0.15) is 4.36 Å². The standard InChI is InChI=1S/C22H26FN3O7S/c1-13(32-15(3)28)21(29)25-34(31)8-6-16(7-9-34)19-5-4-17(10-20(19)23)26-12-18(33-22(26)30)11-24-14(2)27/h4-6,10,13,18H,7-9,11-12H2,1-3H3,(H,24,27)/t13-,18-,34?/m1/s1. The average molecular weight is 496 g/mol. The molecule has 0 radical (unpaired) electrons. The van der Waals surface area contributed by atoms with E-state index in [1.54, 1.807) is 12.1 Å².